The number of nitrogens with zero attached hydrogens (tertiary/aromatic N) is 6. The molecular weight excluding hydrogens is 428 g/mol. The fraction of sp³-hybridized carbons (Fsp3) is 0.500. The Hall–Kier alpha value is -3.29. The maximum atomic E-state index is 11.8. The third-order valence-electron chi connectivity index (χ3n) is 7.17. The van der Waals surface area contributed by atoms with Crippen LogP contribution in [0.15, 0.2) is 36.5 Å². The van der Waals surface area contributed by atoms with E-state index in [1.165, 1.54) is 5.56 Å². The minimum atomic E-state index is 0.101. The first-order chi connectivity index (χ1) is 16.4. The summed E-state index contributed by atoms with van der Waals surface area (Å²) in [4.78, 5) is 28.1. The van der Waals surface area contributed by atoms with E-state index in [9.17, 15) is 9.90 Å². The van der Waals surface area contributed by atoms with Crippen LogP contribution in [0.2, 0.25) is 0 Å². The second kappa shape index (κ2) is 9.16. The predicted molar refractivity (Wildman–Crippen MR) is 135 cm³/mol. The molecule has 5 rings (SSSR count). The summed E-state index contributed by atoms with van der Waals surface area (Å²) in [5, 5.41) is 11.9. The number of carbonyl (C=O) groups excluding carboxylic acids is 1. The number of rotatable bonds is 5. The monoisotopic (exact) mass is 462 g/mol. The van der Waals surface area contributed by atoms with Crippen LogP contribution in [0, 0.1) is 0 Å². The van der Waals surface area contributed by atoms with E-state index >= 15 is 0 Å². The summed E-state index contributed by atoms with van der Waals surface area (Å²) in [6, 6.07) is 11.1. The highest BCUT2D eigenvalue weighted by Gasteiger charge is 2.31. The van der Waals surface area contributed by atoms with Gasteiger partial charge in [-0.1, -0.05) is 30.3 Å². The lowest BCUT2D eigenvalue weighted by Crippen LogP contribution is -2.48. The molecule has 2 aliphatic heterocycles. The Morgan fingerprint density at radius 2 is 1.82 bits per heavy atom. The molecule has 0 unspecified atom stereocenters. The fourth-order valence-electron chi connectivity index (χ4n) is 5.25. The molecule has 4 heterocycles. The van der Waals surface area contributed by atoms with Gasteiger partial charge in [0.15, 0.2) is 0 Å². The number of fused-ring (bicyclic) bond motifs is 1. The molecule has 0 spiro atoms. The predicted octanol–water partition coefficient (Wildman–Crippen LogP) is 3.60. The van der Waals surface area contributed by atoms with Crippen LogP contribution in [0.25, 0.3) is 10.9 Å². The largest absolute Gasteiger partial charge is 0.493 e. The number of piperazine rings is 1. The smallest absolute Gasteiger partial charge is 0.228 e. The second-order valence-electron chi connectivity index (χ2n) is 9.74. The molecule has 0 bridgehead atoms. The van der Waals surface area contributed by atoms with Gasteiger partial charge in [-0.05, 0) is 38.7 Å². The van der Waals surface area contributed by atoms with Crippen molar-refractivity contribution in [3.63, 3.8) is 0 Å². The van der Waals surface area contributed by atoms with Crippen molar-refractivity contribution in [2.75, 3.05) is 42.5 Å². The van der Waals surface area contributed by atoms with Crippen molar-refractivity contribution in [3.8, 4) is 5.88 Å². The van der Waals surface area contributed by atoms with Crippen molar-refractivity contribution in [1.82, 2.24) is 19.4 Å². The van der Waals surface area contributed by atoms with E-state index in [2.05, 4.69) is 54.0 Å². The molecule has 1 atom stereocenters. The summed E-state index contributed by atoms with van der Waals surface area (Å²) in [5.41, 5.74) is 1.93. The average Bonchev–Trinajstić information content (AvgIpc) is 3.43. The number of hydrogen-bond acceptors (Lipinski definition) is 6. The topological polar surface area (TPSA) is 77.7 Å². The molecule has 34 heavy (non-hydrogen) atoms. The Balaban J connectivity index is 1.54. The SMILES string of the molecule is CC(=O)N1CCN(c2nc(N3CCC[C@H]3Cc3ccccc3)c3cn(C(C)C)c(O)c3n2)CC1. The van der Waals surface area contributed by atoms with E-state index in [0.29, 0.717) is 43.7 Å². The van der Waals surface area contributed by atoms with E-state index in [-0.39, 0.29) is 17.8 Å². The highest BCUT2D eigenvalue weighted by Crippen LogP contribution is 2.38. The molecular formula is C26H34N6O2. The van der Waals surface area contributed by atoms with Crippen molar-refractivity contribution in [2.45, 2.75) is 52.1 Å². The molecule has 0 saturated carbocycles. The van der Waals surface area contributed by atoms with Gasteiger partial charge in [-0.3, -0.25) is 4.79 Å². The highest BCUT2D eigenvalue weighted by molar-refractivity contribution is 5.94. The molecule has 1 aromatic carbocycles. The van der Waals surface area contributed by atoms with Crippen LogP contribution in [0.3, 0.4) is 0 Å². The summed E-state index contributed by atoms with van der Waals surface area (Å²) >= 11 is 0. The quantitative estimate of drug-likeness (QED) is 0.624. The zero-order valence-corrected chi connectivity index (χ0v) is 20.3. The fourth-order valence-corrected chi connectivity index (χ4v) is 5.25. The number of aromatic nitrogens is 3. The van der Waals surface area contributed by atoms with Crippen molar-refractivity contribution in [3.05, 3.63) is 42.1 Å². The van der Waals surface area contributed by atoms with Crippen LogP contribution >= 0.6 is 0 Å². The molecule has 0 radical (unpaired) electrons. The van der Waals surface area contributed by atoms with Crippen molar-refractivity contribution >= 4 is 28.6 Å². The highest BCUT2D eigenvalue weighted by atomic mass is 16.3. The average molecular weight is 463 g/mol. The third kappa shape index (κ3) is 4.17. The van der Waals surface area contributed by atoms with Crippen molar-refractivity contribution in [2.24, 2.45) is 0 Å². The Labute approximate surface area is 200 Å². The third-order valence-corrected chi connectivity index (χ3v) is 7.17. The van der Waals surface area contributed by atoms with Crippen molar-refractivity contribution in [1.29, 1.82) is 0 Å². The summed E-state index contributed by atoms with van der Waals surface area (Å²) in [7, 11) is 0. The lowest BCUT2D eigenvalue weighted by molar-refractivity contribution is -0.129. The van der Waals surface area contributed by atoms with Crippen LogP contribution in [0.4, 0.5) is 11.8 Å². The van der Waals surface area contributed by atoms with Gasteiger partial charge in [0.25, 0.3) is 0 Å². The van der Waals surface area contributed by atoms with Gasteiger partial charge < -0.3 is 24.4 Å². The molecule has 2 aromatic heterocycles. The molecule has 2 aliphatic rings. The maximum absolute atomic E-state index is 11.8. The van der Waals surface area contributed by atoms with Crippen LogP contribution in [0.5, 0.6) is 5.88 Å². The number of anilines is 2. The minimum Gasteiger partial charge on any atom is -0.493 e. The number of benzene rings is 1. The minimum absolute atomic E-state index is 0.101. The molecule has 8 nitrogen and oxygen atoms in total. The first-order valence-electron chi connectivity index (χ1n) is 12.3. The molecule has 2 fully saturated rings. The van der Waals surface area contributed by atoms with Gasteiger partial charge in [-0.15, -0.1) is 0 Å². The molecule has 1 N–H and O–H groups in total. The number of amides is 1. The summed E-state index contributed by atoms with van der Waals surface area (Å²) in [6.07, 6.45) is 5.20. The van der Waals surface area contributed by atoms with E-state index < -0.39 is 0 Å². The lowest BCUT2D eigenvalue weighted by Gasteiger charge is -2.35. The molecule has 1 amide bonds. The van der Waals surface area contributed by atoms with Crippen LogP contribution < -0.4 is 9.80 Å². The zero-order valence-electron chi connectivity index (χ0n) is 20.3. The van der Waals surface area contributed by atoms with Gasteiger partial charge in [0.1, 0.15) is 11.3 Å². The van der Waals surface area contributed by atoms with Gasteiger partial charge in [0, 0.05) is 57.9 Å². The number of carbonyl (C=O) groups is 1. The number of hydrogen-bond donors (Lipinski definition) is 1. The van der Waals surface area contributed by atoms with Gasteiger partial charge >= 0.3 is 0 Å². The Morgan fingerprint density at radius 1 is 1.09 bits per heavy atom. The Kier molecular flexibility index (Phi) is 6.06. The first kappa shape index (κ1) is 22.5. The summed E-state index contributed by atoms with van der Waals surface area (Å²) in [6.45, 7) is 9.35. The standard InChI is InChI=1S/C26H34N6O2/c1-18(2)32-17-22-23(25(32)34)27-26(30-14-12-29(13-15-30)19(3)33)28-24(22)31-11-7-10-21(31)16-20-8-5-4-6-9-20/h4-6,8-9,17-18,21,34H,7,10-16H2,1-3H3/t21-/m0/s1. The zero-order chi connectivity index (χ0) is 23.8. The Bertz CT molecular complexity index is 1170. The number of aromatic hydroxyl groups is 1. The lowest BCUT2D eigenvalue weighted by atomic mass is 10.0. The van der Waals surface area contributed by atoms with Crippen molar-refractivity contribution < 1.29 is 9.90 Å². The Morgan fingerprint density at radius 3 is 2.50 bits per heavy atom. The van der Waals surface area contributed by atoms with Gasteiger partial charge in [-0.25, -0.2) is 4.98 Å². The maximum Gasteiger partial charge on any atom is 0.228 e. The summed E-state index contributed by atoms with van der Waals surface area (Å²) in [5.74, 6) is 1.83. The van der Waals surface area contributed by atoms with E-state index in [1.54, 1.807) is 6.92 Å². The van der Waals surface area contributed by atoms with Crippen LogP contribution in [-0.4, -0.2) is 69.2 Å². The normalized spacial score (nSPS) is 18.9. The van der Waals surface area contributed by atoms with E-state index in [0.717, 1.165) is 37.0 Å². The molecule has 2 saturated heterocycles. The molecule has 3 aromatic rings. The second-order valence-corrected chi connectivity index (χ2v) is 9.74. The van der Waals surface area contributed by atoms with Crippen LogP contribution in [0.1, 0.15) is 45.2 Å². The van der Waals surface area contributed by atoms with Gasteiger partial charge in [0.2, 0.25) is 17.7 Å². The van der Waals surface area contributed by atoms with E-state index in [4.69, 9.17) is 9.97 Å². The first-order valence-corrected chi connectivity index (χ1v) is 12.3. The summed E-state index contributed by atoms with van der Waals surface area (Å²) < 4.78 is 1.88. The molecule has 180 valence electrons. The van der Waals surface area contributed by atoms with Crippen LogP contribution in [-0.2, 0) is 11.2 Å². The van der Waals surface area contributed by atoms with Gasteiger partial charge in [0.05, 0.1) is 5.39 Å². The van der Waals surface area contributed by atoms with Gasteiger partial charge in [-0.2, -0.15) is 4.98 Å². The molecule has 8 heteroatoms. The van der Waals surface area contributed by atoms with E-state index in [1.807, 2.05) is 15.7 Å². The molecule has 0 aliphatic carbocycles.